The van der Waals surface area contributed by atoms with Crippen molar-refractivity contribution in [1.29, 1.82) is 0 Å². The highest BCUT2D eigenvalue weighted by Gasteiger charge is 2.17. The molecule has 0 atom stereocenters. The van der Waals surface area contributed by atoms with Crippen molar-refractivity contribution in [2.45, 2.75) is 26.2 Å². The molecule has 0 bridgehead atoms. The van der Waals surface area contributed by atoms with E-state index in [0.717, 1.165) is 12.8 Å². The van der Waals surface area contributed by atoms with Crippen LogP contribution in [0.2, 0.25) is 5.15 Å². The third-order valence-corrected chi connectivity index (χ3v) is 2.26. The average molecular weight is 258 g/mol. The molecule has 0 aromatic carbocycles. The third-order valence-electron chi connectivity index (χ3n) is 2.05. The standard InChI is InChI=1S/C10H12ClN3O3/c1-2-3-4-9(15)13-10-7(14(16)17)5-6-8(11)12-10/h5-6H,2-4H2,1H3,(H,12,13,15). The van der Waals surface area contributed by atoms with E-state index in [-0.39, 0.29) is 22.6 Å². The van der Waals surface area contributed by atoms with Gasteiger partial charge in [-0.25, -0.2) is 4.98 Å². The van der Waals surface area contributed by atoms with Gasteiger partial charge in [-0.3, -0.25) is 14.9 Å². The molecule has 0 fully saturated rings. The predicted octanol–water partition coefficient (Wildman–Crippen LogP) is 2.77. The lowest BCUT2D eigenvalue weighted by atomic mass is 10.2. The van der Waals surface area contributed by atoms with Gasteiger partial charge >= 0.3 is 5.69 Å². The van der Waals surface area contributed by atoms with Gasteiger partial charge in [0.2, 0.25) is 11.7 Å². The summed E-state index contributed by atoms with van der Waals surface area (Å²) >= 11 is 5.62. The Balaban J connectivity index is 2.85. The molecule has 0 aliphatic carbocycles. The third kappa shape index (κ3) is 3.99. The van der Waals surface area contributed by atoms with Crippen LogP contribution in [-0.2, 0) is 4.79 Å². The summed E-state index contributed by atoms with van der Waals surface area (Å²) in [5, 5.41) is 13.2. The highest BCUT2D eigenvalue weighted by Crippen LogP contribution is 2.24. The zero-order valence-corrected chi connectivity index (χ0v) is 10.0. The zero-order chi connectivity index (χ0) is 12.8. The number of hydrogen-bond donors (Lipinski definition) is 1. The number of amides is 1. The van der Waals surface area contributed by atoms with Gasteiger partial charge in [-0.05, 0) is 12.5 Å². The van der Waals surface area contributed by atoms with Gasteiger partial charge in [0.1, 0.15) is 5.15 Å². The molecule has 1 heterocycles. The van der Waals surface area contributed by atoms with Crippen LogP contribution in [0.1, 0.15) is 26.2 Å². The number of pyridine rings is 1. The van der Waals surface area contributed by atoms with E-state index in [9.17, 15) is 14.9 Å². The van der Waals surface area contributed by atoms with Gasteiger partial charge < -0.3 is 5.32 Å². The zero-order valence-electron chi connectivity index (χ0n) is 9.27. The second kappa shape index (κ2) is 6.15. The maximum absolute atomic E-state index is 11.4. The summed E-state index contributed by atoms with van der Waals surface area (Å²) in [7, 11) is 0. The van der Waals surface area contributed by atoms with Crippen LogP contribution >= 0.6 is 11.6 Å². The molecule has 0 saturated carbocycles. The van der Waals surface area contributed by atoms with Crippen molar-refractivity contribution < 1.29 is 9.72 Å². The maximum atomic E-state index is 11.4. The van der Waals surface area contributed by atoms with Crippen molar-refractivity contribution in [3.05, 3.63) is 27.4 Å². The number of rotatable bonds is 5. The number of halogens is 1. The number of carbonyl (C=O) groups excluding carboxylic acids is 1. The molecule has 0 aliphatic rings. The quantitative estimate of drug-likeness (QED) is 0.499. The van der Waals surface area contributed by atoms with E-state index in [4.69, 9.17) is 11.6 Å². The summed E-state index contributed by atoms with van der Waals surface area (Å²) < 4.78 is 0. The fraction of sp³-hybridized carbons (Fsp3) is 0.400. The van der Waals surface area contributed by atoms with Crippen LogP contribution in [0.15, 0.2) is 12.1 Å². The lowest BCUT2D eigenvalue weighted by Crippen LogP contribution is -2.13. The number of nitro groups is 1. The van der Waals surface area contributed by atoms with E-state index in [0.29, 0.717) is 6.42 Å². The smallest absolute Gasteiger partial charge is 0.305 e. The molecule has 0 radical (unpaired) electrons. The van der Waals surface area contributed by atoms with E-state index in [1.807, 2.05) is 6.92 Å². The van der Waals surface area contributed by atoms with Crippen molar-refractivity contribution in [2.75, 3.05) is 5.32 Å². The highest BCUT2D eigenvalue weighted by atomic mass is 35.5. The normalized spacial score (nSPS) is 10.0. The molecule has 0 aliphatic heterocycles. The Morgan fingerprint density at radius 1 is 1.59 bits per heavy atom. The predicted molar refractivity (Wildman–Crippen MR) is 64.1 cm³/mol. The molecule has 1 amide bonds. The van der Waals surface area contributed by atoms with E-state index in [1.54, 1.807) is 0 Å². The molecule has 1 aromatic rings. The van der Waals surface area contributed by atoms with E-state index >= 15 is 0 Å². The minimum absolute atomic E-state index is 0.0985. The lowest BCUT2D eigenvalue weighted by molar-refractivity contribution is -0.384. The number of nitrogens with one attached hydrogen (secondary N) is 1. The Kier molecular flexibility index (Phi) is 4.84. The Morgan fingerprint density at radius 2 is 2.29 bits per heavy atom. The van der Waals surface area contributed by atoms with Crippen LogP contribution in [0.3, 0.4) is 0 Å². The average Bonchev–Trinajstić information content (AvgIpc) is 2.26. The number of anilines is 1. The van der Waals surface area contributed by atoms with Crippen molar-refractivity contribution in [3.63, 3.8) is 0 Å². The number of carbonyl (C=O) groups is 1. The Hall–Kier alpha value is -1.69. The fourth-order valence-electron chi connectivity index (χ4n) is 1.20. The molecule has 17 heavy (non-hydrogen) atoms. The van der Waals surface area contributed by atoms with Crippen LogP contribution in [0.5, 0.6) is 0 Å². The number of hydrogen-bond acceptors (Lipinski definition) is 4. The highest BCUT2D eigenvalue weighted by molar-refractivity contribution is 6.29. The van der Waals surface area contributed by atoms with Gasteiger partial charge in [-0.1, -0.05) is 24.9 Å². The molecule has 1 aromatic heterocycles. The molecule has 0 spiro atoms. The van der Waals surface area contributed by atoms with Crippen LogP contribution in [0.25, 0.3) is 0 Å². The number of aromatic nitrogens is 1. The summed E-state index contributed by atoms with van der Waals surface area (Å²) in [6.45, 7) is 1.95. The largest absolute Gasteiger partial charge is 0.311 e. The van der Waals surface area contributed by atoms with Gasteiger partial charge in [-0.15, -0.1) is 0 Å². The van der Waals surface area contributed by atoms with Crippen molar-refractivity contribution in [1.82, 2.24) is 4.98 Å². The van der Waals surface area contributed by atoms with E-state index in [1.165, 1.54) is 12.1 Å². The van der Waals surface area contributed by atoms with Gasteiger partial charge in [0.15, 0.2) is 0 Å². The minimum Gasteiger partial charge on any atom is -0.305 e. The molecule has 0 saturated heterocycles. The first kappa shape index (κ1) is 13.4. The van der Waals surface area contributed by atoms with Crippen LogP contribution < -0.4 is 5.32 Å². The first-order chi connectivity index (χ1) is 8.04. The topological polar surface area (TPSA) is 85.1 Å². The summed E-state index contributed by atoms with van der Waals surface area (Å²) in [6, 6.07) is 2.52. The summed E-state index contributed by atoms with van der Waals surface area (Å²) in [5.74, 6) is -0.409. The molecule has 1 rings (SSSR count). The molecule has 92 valence electrons. The summed E-state index contributed by atoms with van der Waals surface area (Å²) in [5.41, 5.74) is -0.265. The molecule has 7 heteroatoms. The lowest BCUT2D eigenvalue weighted by Gasteiger charge is -2.04. The Labute approximate surface area is 103 Å². The van der Waals surface area contributed by atoms with Crippen LogP contribution in [-0.4, -0.2) is 15.8 Å². The molecule has 0 unspecified atom stereocenters. The molecule has 1 N–H and O–H groups in total. The van der Waals surface area contributed by atoms with Crippen LogP contribution in [0, 0.1) is 10.1 Å². The SMILES string of the molecule is CCCCC(=O)Nc1nc(Cl)ccc1[N+](=O)[O-]. The van der Waals surface area contributed by atoms with Gasteiger partial charge in [0, 0.05) is 12.5 Å². The van der Waals surface area contributed by atoms with Gasteiger partial charge in [-0.2, -0.15) is 0 Å². The maximum Gasteiger partial charge on any atom is 0.311 e. The first-order valence-corrected chi connectivity index (χ1v) is 5.53. The molecular formula is C10H12ClN3O3. The summed E-state index contributed by atoms with van der Waals surface area (Å²) in [6.07, 6.45) is 1.90. The van der Waals surface area contributed by atoms with Crippen molar-refractivity contribution in [3.8, 4) is 0 Å². The fourth-order valence-corrected chi connectivity index (χ4v) is 1.35. The number of unbranched alkanes of at least 4 members (excludes halogenated alkanes) is 1. The second-order valence-corrected chi connectivity index (χ2v) is 3.80. The monoisotopic (exact) mass is 257 g/mol. The van der Waals surface area contributed by atoms with Crippen molar-refractivity contribution in [2.24, 2.45) is 0 Å². The molecule has 6 nitrogen and oxygen atoms in total. The van der Waals surface area contributed by atoms with E-state index < -0.39 is 4.92 Å². The van der Waals surface area contributed by atoms with E-state index in [2.05, 4.69) is 10.3 Å². The molecular weight excluding hydrogens is 246 g/mol. The summed E-state index contributed by atoms with van der Waals surface area (Å²) in [4.78, 5) is 25.3. The van der Waals surface area contributed by atoms with Crippen LogP contribution in [0.4, 0.5) is 11.5 Å². The van der Waals surface area contributed by atoms with Gasteiger partial charge in [0.05, 0.1) is 4.92 Å². The first-order valence-electron chi connectivity index (χ1n) is 5.15. The number of nitrogens with zero attached hydrogens (tertiary/aromatic N) is 2. The van der Waals surface area contributed by atoms with Crippen molar-refractivity contribution >= 4 is 29.0 Å². The second-order valence-electron chi connectivity index (χ2n) is 3.41. The van der Waals surface area contributed by atoms with Gasteiger partial charge in [0.25, 0.3) is 0 Å². The minimum atomic E-state index is -0.612. The Morgan fingerprint density at radius 3 is 2.88 bits per heavy atom. The Bertz CT molecular complexity index is 437.